The van der Waals surface area contributed by atoms with Gasteiger partial charge < -0.3 is 19.7 Å². The third kappa shape index (κ3) is 2.47. The zero-order valence-corrected chi connectivity index (χ0v) is 9.95. The Labute approximate surface area is 102 Å². The summed E-state index contributed by atoms with van der Waals surface area (Å²) in [6, 6.07) is 6.00. The number of hydrogen-bond acceptors (Lipinski definition) is 4. The van der Waals surface area contributed by atoms with Crippen molar-refractivity contribution in [3.05, 3.63) is 18.2 Å². The van der Waals surface area contributed by atoms with Crippen LogP contribution in [0.3, 0.4) is 0 Å². The maximum atomic E-state index is 5.35. The van der Waals surface area contributed by atoms with E-state index in [4.69, 9.17) is 9.47 Å². The van der Waals surface area contributed by atoms with Crippen LogP contribution in [0.4, 0.5) is 5.69 Å². The molecule has 4 nitrogen and oxygen atoms in total. The quantitative estimate of drug-likeness (QED) is 0.863. The molecule has 0 spiro atoms. The van der Waals surface area contributed by atoms with E-state index in [1.54, 1.807) is 0 Å². The molecule has 1 aromatic carbocycles. The number of likely N-dealkylation sites (tertiary alicyclic amines) is 1. The Morgan fingerprint density at radius 2 is 1.94 bits per heavy atom. The molecule has 2 heterocycles. The predicted molar refractivity (Wildman–Crippen MR) is 66.7 cm³/mol. The van der Waals surface area contributed by atoms with Crippen LogP contribution in [0.25, 0.3) is 0 Å². The molecule has 92 valence electrons. The molecule has 0 radical (unpaired) electrons. The average Bonchev–Trinajstić information content (AvgIpc) is 2.98. The lowest BCUT2D eigenvalue weighted by atomic mass is 10.3. The highest BCUT2D eigenvalue weighted by Crippen LogP contribution is 2.34. The highest BCUT2D eigenvalue weighted by Gasteiger charge is 2.13. The number of hydrogen-bond donors (Lipinski definition) is 1. The first kappa shape index (κ1) is 10.7. The molecule has 0 atom stereocenters. The van der Waals surface area contributed by atoms with E-state index in [1.807, 2.05) is 18.2 Å². The van der Waals surface area contributed by atoms with E-state index >= 15 is 0 Å². The van der Waals surface area contributed by atoms with Gasteiger partial charge in [-0.15, -0.1) is 0 Å². The van der Waals surface area contributed by atoms with Gasteiger partial charge in [0.2, 0.25) is 6.79 Å². The van der Waals surface area contributed by atoms with Gasteiger partial charge in [-0.3, -0.25) is 0 Å². The largest absolute Gasteiger partial charge is 0.454 e. The number of anilines is 1. The minimum Gasteiger partial charge on any atom is -0.454 e. The molecule has 0 unspecified atom stereocenters. The highest BCUT2D eigenvalue weighted by molar-refractivity contribution is 5.55. The zero-order valence-electron chi connectivity index (χ0n) is 9.95. The van der Waals surface area contributed by atoms with Gasteiger partial charge in [-0.05, 0) is 38.1 Å². The summed E-state index contributed by atoms with van der Waals surface area (Å²) in [6.45, 7) is 4.95. The Balaban J connectivity index is 1.51. The summed E-state index contributed by atoms with van der Waals surface area (Å²) in [6.07, 6.45) is 2.70. The van der Waals surface area contributed by atoms with Gasteiger partial charge in [-0.25, -0.2) is 0 Å². The average molecular weight is 234 g/mol. The van der Waals surface area contributed by atoms with E-state index in [-0.39, 0.29) is 0 Å². The van der Waals surface area contributed by atoms with Crippen LogP contribution in [0.2, 0.25) is 0 Å². The number of ether oxygens (including phenoxy) is 2. The number of fused-ring (bicyclic) bond motifs is 1. The molecule has 1 aromatic rings. The molecule has 0 saturated carbocycles. The van der Waals surface area contributed by atoms with Crippen molar-refractivity contribution in [1.82, 2.24) is 4.90 Å². The minimum atomic E-state index is 0.340. The molecule has 2 aliphatic rings. The first-order valence-corrected chi connectivity index (χ1v) is 6.28. The summed E-state index contributed by atoms with van der Waals surface area (Å²) in [5.41, 5.74) is 1.11. The van der Waals surface area contributed by atoms with Gasteiger partial charge in [0.15, 0.2) is 11.5 Å². The van der Waals surface area contributed by atoms with Gasteiger partial charge >= 0.3 is 0 Å². The van der Waals surface area contributed by atoms with Crippen molar-refractivity contribution in [2.24, 2.45) is 0 Å². The lowest BCUT2D eigenvalue weighted by Crippen LogP contribution is -2.25. The molecule has 0 bridgehead atoms. The summed E-state index contributed by atoms with van der Waals surface area (Å²) < 4.78 is 10.6. The van der Waals surface area contributed by atoms with Crippen molar-refractivity contribution in [2.45, 2.75) is 12.8 Å². The third-order valence-corrected chi connectivity index (χ3v) is 3.33. The normalized spacial score (nSPS) is 18.6. The van der Waals surface area contributed by atoms with Crippen LogP contribution in [0.15, 0.2) is 18.2 Å². The summed E-state index contributed by atoms with van der Waals surface area (Å²) >= 11 is 0. The van der Waals surface area contributed by atoms with Gasteiger partial charge in [0, 0.05) is 24.8 Å². The number of nitrogens with one attached hydrogen (secondary N) is 1. The topological polar surface area (TPSA) is 33.7 Å². The summed E-state index contributed by atoms with van der Waals surface area (Å²) in [5, 5.41) is 3.42. The second kappa shape index (κ2) is 4.84. The number of benzene rings is 1. The molecule has 1 N–H and O–H groups in total. The zero-order chi connectivity index (χ0) is 11.5. The van der Waals surface area contributed by atoms with Gasteiger partial charge in [0.25, 0.3) is 0 Å². The van der Waals surface area contributed by atoms with Crippen LogP contribution < -0.4 is 14.8 Å². The van der Waals surface area contributed by atoms with Crippen LogP contribution in [-0.4, -0.2) is 37.9 Å². The lowest BCUT2D eigenvalue weighted by Gasteiger charge is -2.15. The monoisotopic (exact) mass is 234 g/mol. The first-order chi connectivity index (χ1) is 8.42. The highest BCUT2D eigenvalue weighted by atomic mass is 16.7. The summed E-state index contributed by atoms with van der Waals surface area (Å²) in [7, 11) is 0. The van der Waals surface area contributed by atoms with E-state index < -0.39 is 0 Å². The molecule has 1 saturated heterocycles. The molecular weight excluding hydrogens is 216 g/mol. The fourth-order valence-corrected chi connectivity index (χ4v) is 2.37. The molecule has 4 heteroatoms. The third-order valence-electron chi connectivity index (χ3n) is 3.33. The Morgan fingerprint density at radius 3 is 2.82 bits per heavy atom. The maximum Gasteiger partial charge on any atom is 0.231 e. The Hall–Kier alpha value is -1.42. The van der Waals surface area contributed by atoms with Crippen LogP contribution >= 0.6 is 0 Å². The molecule has 1 fully saturated rings. The Kier molecular flexibility index (Phi) is 3.05. The van der Waals surface area contributed by atoms with Gasteiger partial charge in [0.1, 0.15) is 0 Å². The molecule has 3 rings (SSSR count). The van der Waals surface area contributed by atoms with Gasteiger partial charge in [-0.2, -0.15) is 0 Å². The fraction of sp³-hybridized carbons (Fsp3) is 0.538. The standard InChI is InChI=1S/C13H18N2O2/c1-2-7-15(6-1)8-5-14-11-3-4-12-13(9-11)17-10-16-12/h3-4,9,14H,1-2,5-8,10H2. The second-order valence-electron chi connectivity index (χ2n) is 4.54. The van der Waals surface area contributed by atoms with Crippen LogP contribution in [0.1, 0.15) is 12.8 Å². The number of nitrogens with zero attached hydrogens (tertiary/aromatic N) is 1. The molecule has 0 aliphatic carbocycles. The summed E-state index contributed by atoms with van der Waals surface area (Å²) in [4.78, 5) is 2.50. The Bertz CT molecular complexity index is 389. The first-order valence-electron chi connectivity index (χ1n) is 6.28. The number of rotatable bonds is 4. The van der Waals surface area contributed by atoms with Gasteiger partial charge in [0.05, 0.1) is 0 Å². The van der Waals surface area contributed by atoms with Crippen molar-refractivity contribution in [3.8, 4) is 11.5 Å². The van der Waals surface area contributed by atoms with E-state index in [9.17, 15) is 0 Å². The maximum absolute atomic E-state index is 5.35. The molecule has 0 amide bonds. The van der Waals surface area contributed by atoms with E-state index in [0.29, 0.717) is 6.79 Å². The SMILES string of the molecule is c1cc2c(cc1NCCN1CCCC1)OCO2. The van der Waals surface area contributed by atoms with Crippen LogP contribution in [0.5, 0.6) is 11.5 Å². The summed E-state index contributed by atoms with van der Waals surface area (Å²) in [5.74, 6) is 1.69. The molecule has 0 aromatic heterocycles. The molecule has 2 aliphatic heterocycles. The van der Waals surface area contributed by atoms with Crippen molar-refractivity contribution < 1.29 is 9.47 Å². The van der Waals surface area contributed by atoms with E-state index in [0.717, 1.165) is 30.3 Å². The van der Waals surface area contributed by atoms with Crippen molar-refractivity contribution >= 4 is 5.69 Å². The van der Waals surface area contributed by atoms with Crippen molar-refractivity contribution in [1.29, 1.82) is 0 Å². The van der Waals surface area contributed by atoms with Crippen LogP contribution in [0, 0.1) is 0 Å². The van der Waals surface area contributed by atoms with Crippen molar-refractivity contribution in [3.63, 3.8) is 0 Å². The molecule has 17 heavy (non-hydrogen) atoms. The van der Waals surface area contributed by atoms with Gasteiger partial charge in [-0.1, -0.05) is 0 Å². The predicted octanol–water partition coefficient (Wildman–Crippen LogP) is 1.92. The van der Waals surface area contributed by atoms with E-state index in [2.05, 4.69) is 10.2 Å². The fourth-order valence-electron chi connectivity index (χ4n) is 2.37. The Morgan fingerprint density at radius 1 is 1.12 bits per heavy atom. The molecular formula is C13H18N2O2. The lowest BCUT2D eigenvalue weighted by molar-refractivity contribution is 0.174. The van der Waals surface area contributed by atoms with Crippen molar-refractivity contribution in [2.75, 3.05) is 38.3 Å². The van der Waals surface area contributed by atoms with Crippen LogP contribution in [-0.2, 0) is 0 Å². The smallest absolute Gasteiger partial charge is 0.231 e. The van der Waals surface area contributed by atoms with E-state index in [1.165, 1.54) is 25.9 Å². The second-order valence-corrected chi connectivity index (χ2v) is 4.54. The minimum absolute atomic E-state index is 0.340.